The van der Waals surface area contributed by atoms with E-state index in [1.165, 1.54) is 21.6 Å². The molecule has 0 fully saturated rings. The molecule has 0 aliphatic carbocycles. The molecule has 0 atom stereocenters. The smallest absolute Gasteiger partial charge is 0.283 e. The maximum Gasteiger partial charge on any atom is 0.283 e. The van der Waals surface area contributed by atoms with Gasteiger partial charge in [0.05, 0.1) is 6.54 Å². The van der Waals surface area contributed by atoms with E-state index in [0.717, 1.165) is 5.56 Å². The first-order valence-electron chi connectivity index (χ1n) is 8.46. The highest BCUT2D eigenvalue weighted by molar-refractivity contribution is 5.67. The molecule has 2 heterocycles. The second-order valence-corrected chi connectivity index (χ2v) is 6.03. The predicted octanol–water partition coefficient (Wildman–Crippen LogP) is 2.89. The first kappa shape index (κ1) is 16.8. The summed E-state index contributed by atoms with van der Waals surface area (Å²) in [6.45, 7) is 0.532. The lowest BCUT2D eigenvalue weighted by Crippen LogP contribution is -2.20. The zero-order chi connectivity index (χ0) is 18.6. The summed E-state index contributed by atoms with van der Waals surface area (Å²) in [4.78, 5) is 16.9. The summed E-state index contributed by atoms with van der Waals surface area (Å²) < 4.78 is 16.7. The Morgan fingerprint density at radius 1 is 1.04 bits per heavy atom. The summed E-state index contributed by atoms with van der Waals surface area (Å²) in [6, 6.07) is 16.2. The van der Waals surface area contributed by atoms with Crippen molar-refractivity contribution in [3.63, 3.8) is 0 Å². The number of benzene rings is 2. The van der Waals surface area contributed by atoms with E-state index in [2.05, 4.69) is 15.3 Å². The van der Waals surface area contributed by atoms with Crippen molar-refractivity contribution in [1.29, 1.82) is 0 Å². The normalized spacial score (nSPS) is 11.4. The number of hydrogen-bond acceptors (Lipinski definition) is 4. The first-order valence-corrected chi connectivity index (χ1v) is 8.46. The van der Waals surface area contributed by atoms with E-state index in [1.54, 1.807) is 18.2 Å². The summed E-state index contributed by atoms with van der Waals surface area (Å²) in [5.41, 5.74) is 1.74. The Bertz CT molecular complexity index is 1160. The van der Waals surface area contributed by atoms with Gasteiger partial charge in [-0.15, -0.1) is 5.10 Å². The topological polar surface area (TPSA) is 65.6 Å². The van der Waals surface area contributed by atoms with Crippen molar-refractivity contribution in [1.82, 2.24) is 24.5 Å². The lowest BCUT2D eigenvalue weighted by molar-refractivity contribution is 0.582. The molecule has 0 N–H and O–H groups in total. The molecule has 0 unspecified atom stereocenters. The minimum Gasteiger partial charge on any atom is -0.293 e. The molecule has 4 rings (SSSR count). The van der Waals surface area contributed by atoms with Crippen LogP contribution in [0.1, 0.15) is 11.1 Å². The van der Waals surface area contributed by atoms with Crippen LogP contribution in [0.3, 0.4) is 0 Å². The lowest BCUT2D eigenvalue weighted by Gasteiger charge is -2.04. The average Bonchev–Trinajstić information content (AvgIpc) is 3.10. The van der Waals surface area contributed by atoms with Crippen molar-refractivity contribution >= 4 is 17.2 Å². The third-order valence-electron chi connectivity index (χ3n) is 4.18. The van der Waals surface area contributed by atoms with Crippen molar-refractivity contribution in [3.8, 4) is 0 Å². The maximum absolute atomic E-state index is 13.8. The molecule has 2 aromatic carbocycles. The van der Waals surface area contributed by atoms with Gasteiger partial charge in [0.15, 0.2) is 11.2 Å². The van der Waals surface area contributed by atoms with Crippen LogP contribution >= 0.6 is 0 Å². The molecule has 7 heteroatoms. The van der Waals surface area contributed by atoms with Crippen molar-refractivity contribution in [2.24, 2.45) is 0 Å². The van der Waals surface area contributed by atoms with Crippen LogP contribution in [-0.2, 0) is 13.1 Å². The van der Waals surface area contributed by atoms with Crippen LogP contribution in [0.5, 0.6) is 0 Å². The molecule has 134 valence electrons. The standard InChI is InChI=1S/C20H16FN5O/c21-17-11-5-4-10-16(17)13-26-19-18(23-24-26)20(27)25(14-22-19)12-6-9-15-7-2-1-3-8-15/h1-11,14H,12-13H2. The van der Waals surface area contributed by atoms with Gasteiger partial charge in [0, 0.05) is 12.1 Å². The Hall–Kier alpha value is -3.61. The number of allylic oxidation sites excluding steroid dienone is 1. The molecular weight excluding hydrogens is 345 g/mol. The number of nitrogens with zero attached hydrogens (tertiary/aromatic N) is 5. The fourth-order valence-electron chi connectivity index (χ4n) is 2.78. The first-order chi connectivity index (χ1) is 13.2. The lowest BCUT2D eigenvalue weighted by atomic mass is 10.2. The molecular formula is C20H16FN5O. The van der Waals surface area contributed by atoms with Gasteiger partial charge >= 0.3 is 0 Å². The molecule has 0 radical (unpaired) electrons. The zero-order valence-corrected chi connectivity index (χ0v) is 14.4. The highest BCUT2D eigenvalue weighted by Crippen LogP contribution is 2.11. The van der Waals surface area contributed by atoms with Gasteiger partial charge in [0.2, 0.25) is 0 Å². The van der Waals surface area contributed by atoms with Crippen molar-refractivity contribution in [2.45, 2.75) is 13.1 Å². The number of fused-ring (bicyclic) bond motifs is 1. The fraction of sp³-hybridized carbons (Fsp3) is 0.100. The van der Waals surface area contributed by atoms with Gasteiger partial charge in [0.1, 0.15) is 12.1 Å². The van der Waals surface area contributed by atoms with Gasteiger partial charge < -0.3 is 0 Å². The van der Waals surface area contributed by atoms with Gasteiger partial charge in [0.25, 0.3) is 5.56 Å². The van der Waals surface area contributed by atoms with E-state index in [9.17, 15) is 9.18 Å². The Labute approximate surface area is 154 Å². The van der Waals surface area contributed by atoms with Crippen LogP contribution in [0.25, 0.3) is 17.2 Å². The van der Waals surface area contributed by atoms with E-state index >= 15 is 0 Å². The number of halogens is 1. The van der Waals surface area contributed by atoms with Crippen LogP contribution in [0.15, 0.2) is 71.8 Å². The molecule has 4 aromatic rings. The third kappa shape index (κ3) is 3.52. The monoisotopic (exact) mass is 361 g/mol. The van der Waals surface area contributed by atoms with E-state index < -0.39 is 0 Å². The molecule has 0 spiro atoms. The second-order valence-electron chi connectivity index (χ2n) is 6.03. The summed E-state index contributed by atoms with van der Waals surface area (Å²) >= 11 is 0. The van der Waals surface area contributed by atoms with E-state index in [1.807, 2.05) is 42.5 Å². The van der Waals surface area contributed by atoms with Gasteiger partial charge in [-0.3, -0.25) is 9.36 Å². The van der Waals surface area contributed by atoms with Crippen molar-refractivity contribution in [2.75, 3.05) is 0 Å². The predicted molar refractivity (Wildman–Crippen MR) is 101 cm³/mol. The van der Waals surface area contributed by atoms with E-state index in [0.29, 0.717) is 17.8 Å². The molecule has 0 saturated carbocycles. The van der Waals surface area contributed by atoms with Crippen LogP contribution in [0.2, 0.25) is 0 Å². The highest BCUT2D eigenvalue weighted by atomic mass is 19.1. The fourth-order valence-corrected chi connectivity index (χ4v) is 2.78. The third-order valence-corrected chi connectivity index (χ3v) is 4.18. The Balaban J connectivity index is 1.59. The van der Waals surface area contributed by atoms with Gasteiger partial charge in [-0.2, -0.15) is 0 Å². The van der Waals surface area contributed by atoms with Crippen molar-refractivity contribution in [3.05, 3.63) is 94.3 Å². The molecule has 0 saturated heterocycles. The van der Waals surface area contributed by atoms with Gasteiger partial charge in [-0.25, -0.2) is 14.1 Å². The van der Waals surface area contributed by atoms with Gasteiger partial charge in [-0.05, 0) is 11.6 Å². The number of rotatable bonds is 5. The van der Waals surface area contributed by atoms with E-state index in [-0.39, 0.29) is 23.4 Å². The highest BCUT2D eigenvalue weighted by Gasteiger charge is 2.13. The Morgan fingerprint density at radius 2 is 1.81 bits per heavy atom. The number of aromatic nitrogens is 5. The van der Waals surface area contributed by atoms with Crippen LogP contribution in [0.4, 0.5) is 4.39 Å². The minimum absolute atomic E-state index is 0.160. The second kappa shape index (κ2) is 7.33. The molecule has 0 aliphatic heterocycles. The summed E-state index contributed by atoms with van der Waals surface area (Å²) in [5, 5.41) is 7.91. The van der Waals surface area contributed by atoms with E-state index in [4.69, 9.17) is 0 Å². The van der Waals surface area contributed by atoms with Crippen molar-refractivity contribution < 1.29 is 4.39 Å². The quantitative estimate of drug-likeness (QED) is 0.548. The van der Waals surface area contributed by atoms with Crippen LogP contribution < -0.4 is 5.56 Å². The van der Waals surface area contributed by atoms with Gasteiger partial charge in [-0.1, -0.05) is 65.9 Å². The average molecular weight is 361 g/mol. The largest absolute Gasteiger partial charge is 0.293 e. The summed E-state index contributed by atoms with van der Waals surface area (Å²) in [7, 11) is 0. The molecule has 6 nitrogen and oxygen atoms in total. The molecule has 0 amide bonds. The minimum atomic E-state index is -0.333. The molecule has 27 heavy (non-hydrogen) atoms. The van der Waals surface area contributed by atoms with Crippen LogP contribution in [-0.4, -0.2) is 24.5 Å². The Morgan fingerprint density at radius 3 is 2.63 bits per heavy atom. The summed E-state index contributed by atoms with van der Waals surface area (Å²) in [6.07, 6.45) is 5.28. The Kier molecular flexibility index (Phi) is 4.57. The summed E-state index contributed by atoms with van der Waals surface area (Å²) in [5.74, 6) is -0.333. The zero-order valence-electron chi connectivity index (χ0n) is 14.4. The molecule has 2 aromatic heterocycles. The molecule has 0 aliphatic rings. The van der Waals surface area contributed by atoms with Crippen LogP contribution in [0, 0.1) is 5.82 Å². The maximum atomic E-state index is 13.8. The SMILES string of the molecule is O=c1c2nnn(Cc3ccccc3F)c2ncn1CC=Cc1ccccc1. The number of hydrogen-bond donors (Lipinski definition) is 0. The molecule has 0 bridgehead atoms.